The maximum atomic E-state index is 12.6. The number of nitrogens with two attached hydrogens (primary N) is 1. The molecule has 3 N–H and O–H groups in total. The zero-order valence-corrected chi connectivity index (χ0v) is 18.5. The monoisotopic (exact) mass is 445 g/mol. The Balaban J connectivity index is 1.56. The van der Waals surface area contributed by atoms with Crippen LogP contribution in [-0.4, -0.2) is 60.3 Å². The lowest BCUT2D eigenvalue weighted by atomic mass is 9.89. The minimum Gasteiger partial charge on any atom is -0.474 e. The summed E-state index contributed by atoms with van der Waals surface area (Å²) < 4.78 is 15.7. The van der Waals surface area contributed by atoms with E-state index in [-0.39, 0.29) is 11.6 Å². The van der Waals surface area contributed by atoms with Gasteiger partial charge in [-0.05, 0) is 31.0 Å². The number of nitrogens with one attached hydrogen (secondary N) is 1. The molecule has 0 aliphatic carbocycles. The van der Waals surface area contributed by atoms with E-state index in [4.69, 9.17) is 19.9 Å². The molecule has 0 saturated carbocycles. The summed E-state index contributed by atoms with van der Waals surface area (Å²) in [5, 5.41) is 3.44. The maximum absolute atomic E-state index is 12.6. The summed E-state index contributed by atoms with van der Waals surface area (Å²) in [6.07, 6.45) is 3.67. The summed E-state index contributed by atoms with van der Waals surface area (Å²) in [7, 11) is 1.62. The van der Waals surface area contributed by atoms with Crippen molar-refractivity contribution in [1.29, 1.82) is 0 Å². The summed E-state index contributed by atoms with van der Waals surface area (Å²) in [5.41, 5.74) is 7.36. The lowest BCUT2D eigenvalue weighted by Crippen LogP contribution is -2.28. The molecule has 2 heterocycles. The fourth-order valence-electron chi connectivity index (χ4n) is 2.98. The SMILES string of the molecule is COCCOCCOc1cnc(C(=O)Nc2cccc([C@]3(C)CCSC(N)=N3)c2)cn1. The number of amides is 1. The van der Waals surface area contributed by atoms with Gasteiger partial charge in [0.15, 0.2) is 5.17 Å². The third kappa shape index (κ3) is 6.65. The van der Waals surface area contributed by atoms with Gasteiger partial charge in [0.2, 0.25) is 5.88 Å². The highest BCUT2D eigenvalue weighted by Gasteiger charge is 2.29. The van der Waals surface area contributed by atoms with E-state index in [1.54, 1.807) is 18.9 Å². The van der Waals surface area contributed by atoms with Crippen LogP contribution in [0.25, 0.3) is 0 Å². The van der Waals surface area contributed by atoms with Gasteiger partial charge in [-0.25, -0.2) is 9.97 Å². The van der Waals surface area contributed by atoms with Crippen molar-refractivity contribution in [3.63, 3.8) is 0 Å². The number of aromatic nitrogens is 2. The average molecular weight is 446 g/mol. The van der Waals surface area contributed by atoms with E-state index in [0.29, 0.717) is 43.2 Å². The van der Waals surface area contributed by atoms with E-state index in [1.807, 2.05) is 31.2 Å². The van der Waals surface area contributed by atoms with Crippen molar-refractivity contribution in [1.82, 2.24) is 9.97 Å². The second kappa shape index (κ2) is 11.1. The molecule has 10 heteroatoms. The quantitative estimate of drug-likeness (QED) is 0.535. The van der Waals surface area contributed by atoms with Crippen molar-refractivity contribution < 1.29 is 19.0 Å². The van der Waals surface area contributed by atoms with Crippen molar-refractivity contribution in [2.75, 3.05) is 44.6 Å². The van der Waals surface area contributed by atoms with E-state index < -0.39 is 5.54 Å². The second-order valence-corrected chi connectivity index (χ2v) is 8.17. The van der Waals surface area contributed by atoms with Gasteiger partial charge in [-0.2, -0.15) is 0 Å². The zero-order valence-electron chi connectivity index (χ0n) is 17.7. The van der Waals surface area contributed by atoms with E-state index in [1.165, 1.54) is 12.4 Å². The van der Waals surface area contributed by atoms with E-state index in [0.717, 1.165) is 17.7 Å². The Hall–Kier alpha value is -2.69. The molecular weight excluding hydrogens is 418 g/mol. The van der Waals surface area contributed by atoms with Crippen molar-refractivity contribution in [2.24, 2.45) is 10.7 Å². The van der Waals surface area contributed by atoms with Crippen LogP contribution in [0, 0.1) is 0 Å². The van der Waals surface area contributed by atoms with Crippen molar-refractivity contribution in [3.8, 4) is 5.88 Å². The van der Waals surface area contributed by atoms with E-state index in [2.05, 4.69) is 20.3 Å². The minimum absolute atomic E-state index is 0.191. The molecule has 1 aliphatic rings. The first kappa shape index (κ1) is 23.0. The fraction of sp³-hybridized carbons (Fsp3) is 0.429. The highest BCUT2D eigenvalue weighted by atomic mass is 32.2. The molecule has 2 aromatic rings. The number of thioether (sulfide) groups is 1. The smallest absolute Gasteiger partial charge is 0.275 e. The van der Waals surface area contributed by atoms with Crippen molar-refractivity contribution in [2.45, 2.75) is 18.9 Å². The van der Waals surface area contributed by atoms with Crippen LogP contribution in [0.5, 0.6) is 5.88 Å². The predicted octanol–water partition coefficient (Wildman–Crippen LogP) is 2.44. The molecule has 1 aliphatic heterocycles. The first-order valence-electron chi connectivity index (χ1n) is 9.92. The number of anilines is 1. The minimum atomic E-state index is -0.401. The Morgan fingerprint density at radius 3 is 2.81 bits per heavy atom. The van der Waals surface area contributed by atoms with Crippen LogP contribution in [-0.2, 0) is 15.0 Å². The van der Waals surface area contributed by atoms with Gasteiger partial charge in [0.25, 0.3) is 5.91 Å². The Bertz CT molecular complexity index is 909. The lowest BCUT2D eigenvalue weighted by Gasteiger charge is -2.30. The Morgan fingerprint density at radius 2 is 2.06 bits per heavy atom. The van der Waals surface area contributed by atoms with Crippen LogP contribution in [0.1, 0.15) is 29.4 Å². The summed E-state index contributed by atoms with van der Waals surface area (Å²) in [5.74, 6) is 0.880. The Kier molecular flexibility index (Phi) is 8.21. The standard InChI is InChI=1S/C21H27N5O4S/c1-21(6-11-31-20(22)26-21)15-4-3-5-16(12-15)25-19(27)17-13-24-18(14-23-17)30-10-9-29-8-7-28-2/h3-5,12-14H,6-11H2,1-2H3,(H2,22,26)(H,25,27)/t21-/m0/s1. The molecule has 9 nitrogen and oxygen atoms in total. The van der Waals surface area contributed by atoms with Crippen LogP contribution >= 0.6 is 11.8 Å². The number of methoxy groups -OCH3 is 1. The van der Waals surface area contributed by atoms with Gasteiger partial charge < -0.3 is 25.3 Å². The third-order valence-electron chi connectivity index (χ3n) is 4.71. The number of benzene rings is 1. The van der Waals surface area contributed by atoms with Crippen LogP contribution in [0.2, 0.25) is 0 Å². The highest BCUT2D eigenvalue weighted by molar-refractivity contribution is 8.13. The summed E-state index contributed by atoms with van der Waals surface area (Å²) in [6.45, 7) is 3.83. The molecule has 0 spiro atoms. The van der Waals surface area contributed by atoms with Crippen LogP contribution in [0.3, 0.4) is 0 Å². The number of aliphatic imine (C=N–C) groups is 1. The molecule has 0 saturated heterocycles. The molecule has 1 aromatic carbocycles. The Labute approximate surface area is 185 Å². The Morgan fingerprint density at radius 1 is 1.23 bits per heavy atom. The number of carbonyl (C=O) groups excluding carboxylic acids is 1. The molecule has 0 radical (unpaired) electrons. The summed E-state index contributed by atoms with van der Waals surface area (Å²) in [4.78, 5) is 25.4. The molecule has 3 rings (SSSR count). The third-order valence-corrected chi connectivity index (χ3v) is 5.50. The summed E-state index contributed by atoms with van der Waals surface area (Å²) >= 11 is 1.56. The molecule has 166 valence electrons. The first-order chi connectivity index (χ1) is 15.0. The fourth-order valence-corrected chi connectivity index (χ4v) is 3.95. The predicted molar refractivity (Wildman–Crippen MR) is 121 cm³/mol. The number of nitrogens with zero attached hydrogens (tertiary/aromatic N) is 3. The number of amidine groups is 1. The first-order valence-corrected chi connectivity index (χ1v) is 10.9. The van der Waals surface area contributed by atoms with E-state index >= 15 is 0 Å². The van der Waals surface area contributed by atoms with Gasteiger partial charge in [-0.3, -0.25) is 9.79 Å². The largest absolute Gasteiger partial charge is 0.474 e. The van der Waals surface area contributed by atoms with Gasteiger partial charge in [0.05, 0.1) is 37.8 Å². The molecule has 1 amide bonds. The molecule has 1 aromatic heterocycles. The van der Waals surface area contributed by atoms with Crippen molar-refractivity contribution in [3.05, 3.63) is 47.9 Å². The molecule has 0 unspecified atom stereocenters. The van der Waals surface area contributed by atoms with Crippen LogP contribution in [0.15, 0.2) is 41.7 Å². The topological polar surface area (TPSA) is 121 Å². The maximum Gasteiger partial charge on any atom is 0.275 e. The van der Waals surface area contributed by atoms with Crippen LogP contribution in [0.4, 0.5) is 5.69 Å². The average Bonchev–Trinajstić information content (AvgIpc) is 2.76. The molecule has 31 heavy (non-hydrogen) atoms. The van der Waals surface area contributed by atoms with Gasteiger partial charge in [-0.15, -0.1) is 0 Å². The lowest BCUT2D eigenvalue weighted by molar-refractivity contribution is 0.0536. The normalized spacial score (nSPS) is 18.3. The molecule has 0 fully saturated rings. The number of carbonyl (C=O) groups is 1. The molecule has 0 bridgehead atoms. The molecule has 1 atom stereocenters. The highest BCUT2D eigenvalue weighted by Crippen LogP contribution is 2.35. The summed E-state index contributed by atoms with van der Waals surface area (Å²) in [6, 6.07) is 7.62. The molecular formula is C21H27N5O4S. The number of ether oxygens (including phenoxy) is 3. The van der Waals surface area contributed by atoms with Gasteiger partial charge in [-0.1, -0.05) is 23.9 Å². The van der Waals surface area contributed by atoms with Gasteiger partial charge in [0, 0.05) is 18.6 Å². The number of hydrogen-bond donors (Lipinski definition) is 2. The number of hydrogen-bond acceptors (Lipinski definition) is 9. The zero-order chi connectivity index (χ0) is 22.1. The number of rotatable bonds is 10. The van der Waals surface area contributed by atoms with Gasteiger partial charge >= 0.3 is 0 Å². The van der Waals surface area contributed by atoms with Crippen LogP contribution < -0.4 is 15.8 Å². The van der Waals surface area contributed by atoms with E-state index in [9.17, 15) is 4.79 Å². The van der Waals surface area contributed by atoms with Gasteiger partial charge in [0.1, 0.15) is 12.3 Å². The van der Waals surface area contributed by atoms with Crippen molar-refractivity contribution >= 4 is 28.5 Å². The second-order valence-electron chi connectivity index (χ2n) is 7.05.